The van der Waals surface area contributed by atoms with Crippen molar-refractivity contribution in [1.29, 1.82) is 0 Å². The predicted molar refractivity (Wildman–Crippen MR) is 67.5 cm³/mol. The number of ether oxygens (including phenoxy) is 2. The lowest BCUT2D eigenvalue weighted by Crippen LogP contribution is -2.26. The van der Waals surface area contributed by atoms with E-state index in [2.05, 4.69) is 4.99 Å². The highest BCUT2D eigenvalue weighted by Crippen LogP contribution is 2.25. The number of hydrogen-bond acceptors (Lipinski definition) is 4. The Balaban J connectivity index is 1.86. The number of para-hydroxylation sites is 1. The van der Waals surface area contributed by atoms with Gasteiger partial charge in [0.1, 0.15) is 17.9 Å². The third-order valence-electron chi connectivity index (χ3n) is 2.65. The third-order valence-corrected chi connectivity index (χ3v) is 2.96. The van der Waals surface area contributed by atoms with E-state index in [9.17, 15) is 0 Å². The summed E-state index contributed by atoms with van der Waals surface area (Å²) in [6, 6.07) is 7.65. The van der Waals surface area contributed by atoms with Crippen molar-refractivity contribution in [2.75, 3.05) is 13.2 Å². The molecule has 0 spiro atoms. The van der Waals surface area contributed by atoms with Crippen LogP contribution in [0.1, 0.15) is 13.3 Å². The second-order valence-electron chi connectivity index (χ2n) is 4.26. The normalized spacial score (nSPS) is 23.1. The van der Waals surface area contributed by atoms with Crippen molar-refractivity contribution < 1.29 is 9.47 Å². The molecule has 0 saturated carbocycles. The highest BCUT2D eigenvalue weighted by Gasteiger charge is 2.30. The minimum Gasteiger partial charge on any atom is -0.492 e. The Hall–Kier alpha value is -1.42. The molecule has 0 aromatic heterocycles. The Morgan fingerprint density at radius 3 is 2.94 bits per heavy atom. The van der Waals surface area contributed by atoms with Crippen molar-refractivity contribution in [2.24, 2.45) is 10.7 Å². The third kappa shape index (κ3) is 3.03. The number of benzene rings is 1. The zero-order valence-corrected chi connectivity index (χ0v) is 10.4. The van der Waals surface area contributed by atoms with E-state index in [1.807, 2.05) is 25.1 Å². The average molecular weight is 255 g/mol. The average Bonchev–Trinajstić information content (AvgIpc) is 2.62. The van der Waals surface area contributed by atoms with Crippen LogP contribution in [-0.2, 0) is 4.74 Å². The van der Waals surface area contributed by atoms with Crippen LogP contribution < -0.4 is 10.5 Å². The maximum Gasteiger partial charge on any atom is 0.282 e. The number of hydrogen-bond donors (Lipinski definition) is 1. The number of halogens is 1. The lowest BCUT2D eigenvalue weighted by molar-refractivity contribution is 0.216. The summed E-state index contributed by atoms with van der Waals surface area (Å²) in [5.74, 6) is 0.689. The van der Waals surface area contributed by atoms with E-state index < -0.39 is 0 Å². The summed E-state index contributed by atoms with van der Waals surface area (Å²) in [5, 5.41) is 0.614. The number of nitrogens with zero attached hydrogens (tertiary/aromatic N) is 1. The minimum atomic E-state index is -0.286. The van der Waals surface area contributed by atoms with Crippen LogP contribution in [0.2, 0.25) is 5.02 Å². The van der Waals surface area contributed by atoms with E-state index in [4.69, 9.17) is 26.8 Å². The van der Waals surface area contributed by atoms with Gasteiger partial charge in [-0.3, -0.25) is 0 Å². The SMILES string of the molecule is CC1(CCOc2ccccc2Cl)COC(N)=N1. The lowest BCUT2D eigenvalue weighted by atomic mass is 10.0. The first-order valence-electron chi connectivity index (χ1n) is 5.44. The predicted octanol–water partition coefficient (Wildman–Crippen LogP) is 2.21. The molecular weight excluding hydrogens is 240 g/mol. The summed E-state index contributed by atoms with van der Waals surface area (Å²) >= 11 is 5.98. The molecule has 17 heavy (non-hydrogen) atoms. The summed E-state index contributed by atoms with van der Waals surface area (Å²) in [5.41, 5.74) is 5.20. The van der Waals surface area contributed by atoms with Gasteiger partial charge in [0, 0.05) is 6.42 Å². The van der Waals surface area contributed by atoms with Gasteiger partial charge in [-0.15, -0.1) is 0 Å². The highest BCUT2D eigenvalue weighted by molar-refractivity contribution is 6.32. The molecule has 0 bridgehead atoms. The first-order valence-corrected chi connectivity index (χ1v) is 5.82. The Morgan fingerprint density at radius 1 is 1.53 bits per heavy atom. The van der Waals surface area contributed by atoms with Crippen molar-refractivity contribution in [3.63, 3.8) is 0 Å². The Kier molecular flexibility index (Phi) is 3.43. The van der Waals surface area contributed by atoms with Gasteiger partial charge in [0.25, 0.3) is 6.02 Å². The first-order chi connectivity index (χ1) is 8.09. The molecule has 1 aromatic rings. The summed E-state index contributed by atoms with van der Waals surface area (Å²) in [6.45, 7) is 3.02. The van der Waals surface area contributed by atoms with Crippen LogP contribution in [0.15, 0.2) is 29.3 Å². The molecule has 1 unspecified atom stereocenters. The molecule has 0 saturated heterocycles. The first kappa shape index (κ1) is 12.0. The van der Waals surface area contributed by atoms with Crippen LogP contribution in [0.3, 0.4) is 0 Å². The van der Waals surface area contributed by atoms with Gasteiger partial charge in [0.05, 0.1) is 11.6 Å². The topological polar surface area (TPSA) is 56.8 Å². The number of nitrogens with two attached hydrogens (primary N) is 1. The number of aliphatic imine (C=N–C) groups is 1. The van der Waals surface area contributed by atoms with Crippen molar-refractivity contribution >= 4 is 17.6 Å². The summed E-state index contributed by atoms with van der Waals surface area (Å²) in [7, 11) is 0. The van der Waals surface area contributed by atoms with Crippen LogP contribution in [0.4, 0.5) is 0 Å². The summed E-state index contributed by atoms with van der Waals surface area (Å²) in [4.78, 5) is 4.23. The van der Waals surface area contributed by atoms with E-state index in [-0.39, 0.29) is 11.6 Å². The molecule has 2 rings (SSSR count). The van der Waals surface area contributed by atoms with Gasteiger partial charge in [-0.2, -0.15) is 0 Å². The van der Waals surface area contributed by atoms with Crippen LogP contribution in [0.5, 0.6) is 5.75 Å². The Labute approximate surface area is 105 Å². The minimum absolute atomic E-state index is 0.255. The molecule has 1 aliphatic rings. The molecule has 4 nitrogen and oxygen atoms in total. The van der Waals surface area contributed by atoms with Gasteiger partial charge in [-0.05, 0) is 19.1 Å². The molecule has 5 heteroatoms. The summed E-state index contributed by atoms with van der Waals surface area (Å²) < 4.78 is 10.7. The monoisotopic (exact) mass is 254 g/mol. The van der Waals surface area contributed by atoms with Gasteiger partial charge in [-0.25, -0.2) is 4.99 Å². The maximum atomic E-state index is 5.98. The van der Waals surface area contributed by atoms with E-state index in [1.54, 1.807) is 6.07 Å². The van der Waals surface area contributed by atoms with Crippen molar-refractivity contribution in [3.05, 3.63) is 29.3 Å². The van der Waals surface area contributed by atoms with E-state index >= 15 is 0 Å². The molecule has 2 N–H and O–H groups in total. The van der Waals surface area contributed by atoms with E-state index in [1.165, 1.54) is 0 Å². The fourth-order valence-electron chi connectivity index (χ4n) is 1.63. The fourth-order valence-corrected chi connectivity index (χ4v) is 1.82. The molecule has 92 valence electrons. The van der Waals surface area contributed by atoms with Gasteiger partial charge < -0.3 is 15.2 Å². The second-order valence-corrected chi connectivity index (χ2v) is 4.67. The van der Waals surface area contributed by atoms with E-state index in [0.717, 1.165) is 6.42 Å². The van der Waals surface area contributed by atoms with Crippen LogP contribution >= 0.6 is 11.6 Å². The smallest absolute Gasteiger partial charge is 0.282 e. The molecule has 1 atom stereocenters. The Morgan fingerprint density at radius 2 is 2.29 bits per heavy atom. The fraction of sp³-hybridized carbons (Fsp3) is 0.417. The molecule has 1 aromatic carbocycles. The summed E-state index contributed by atoms with van der Waals surface area (Å²) in [6.07, 6.45) is 0.735. The second kappa shape index (κ2) is 4.84. The van der Waals surface area contributed by atoms with Gasteiger partial charge in [0.2, 0.25) is 0 Å². The van der Waals surface area contributed by atoms with Crippen molar-refractivity contribution in [3.8, 4) is 5.75 Å². The molecule has 0 radical (unpaired) electrons. The van der Waals surface area contributed by atoms with Gasteiger partial charge >= 0.3 is 0 Å². The van der Waals surface area contributed by atoms with Crippen LogP contribution in [0, 0.1) is 0 Å². The quantitative estimate of drug-likeness (QED) is 0.896. The molecule has 1 heterocycles. The van der Waals surface area contributed by atoms with Crippen LogP contribution in [0.25, 0.3) is 0 Å². The largest absolute Gasteiger partial charge is 0.492 e. The molecule has 0 amide bonds. The molecule has 1 aliphatic heterocycles. The Bertz CT molecular complexity index is 436. The van der Waals surface area contributed by atoms with Gasteiger partial charge in [0.15, 0.2) is 0 Å². The molecule has 0 fully saturated rings. The van der Waals surface area contributed by atoms with Crippen molar-refractivity contribution in [1.82, 2.24) is 0 Å². The van der Waals surface area contributed by atoms with Gasteiger partial charge in [-0.1, -0.05) is 23.7 Å². The standard InChI is InChI=1S/C12H15ClN2O2/c1-12(8-17-11(14)15-12)6-7-16-10-5-3-2-4-9(10)13/h2-5H,6-8H2,1H3,(H2,14,15). The lowest BCUT2D eigenvalue weighted by Gasteiger charge is -2.18. The zero-order chi connectivity index (χ0) is 12.3. The molecule has 0 aliphatic carbocycles. The number of amidine groups is 1. The maximum absolute atomic E-state index is 5.98. The van der Waals surface area contributed by atoms with E-state index in [0.29, 0.717) is 24.0 Å². The number of rotatable bonds is 4. The zero-order valence-electron chi connectivity index (χ0n) is 9.65. The van der Waals surface area contributed by atoms with Crippen molar-refractivity contribution in [2.45, 2.75) is 18.9 Å². The highest BCUT2D eigenvalue weighted by atomic mass is 35.5. The molecular formula is C12H15ClN2O2. The van der Waals surface area contributed by atoms with Crippen LogP contribution in [-0.4, -0.2) is 24.8 Å².